The van der Waals surface area contributed by atoms with Crippen LogP contribution in [0.15, 0.2) is 60.3 Å². The van der Waals surface area contributed by atoms with E-state index in [2.05, 4.69) is 30.2 Å². The Hall–Kier alpha value is -4.02. The Labute approximate surface area is 215 Å². The van der Waals surface area contributed by atoms with Crippen molar-refractivity contribution in [2.75, 3.05) is 11.9 Å². The number of nitriles is 1. The number of carbonyl (C=O) groups is 2. The van der Waals surface area contributed by atoms with E-state index < -0.39 is 18.5 Å². The molecule has 0 atom stereocenters. The molecule has 7 heteroatoms. The highest BCUT2D eigenvalue weighted by molar-refractivity contribution is 7.17. The molecule has 36 heavy (non-hydrogen) atoms. The molecule has 2 heterocycles. The molecule has 6 nitrogen and oxygen atoms in total. The summed E-state index contributed by atoms with van der Waals surface area (Å²) < 4.78 is 5.19. The number of esters is 1. The summed E-state index contributed by atoms with van der Waals surface area (Å²) in [5.74, 6) is -1.05. The Bertz CT molecular complexity index is 1380. The van der Waals surface area contributed by atoms with Crippen molar-refractivity contribution in [1.82, 2.24) is 4.98 Å². The van der Waals surface area contributed by atoms with Crippen LogP contribution in [0.1, 0.15) is 64.8 Å². The summed E-state index contributed by atoms with van der Waals surface area (Å²) in [6, 6.07) is 15.1. The fourth-order valence-corrected chi connectivity index (χ4v) is 5.38. The summed E-state index contributed by atoms with van der Waals surface area (Å²) in [7, 11) is 0. The number of hydrogen-bond acceptors (Lipinski definition) is 6. The smallest absolute Gasteiger partial charge is 0.338 e. The molecular weight excluding hydrogens is 470 g/mol. The van der Waals surface area contributed by atoms with Gasteiger partial charge < -0.3 is 10.1 Å². The topological polar surface area (TPSA) is 92.1 Å². The summed E-state index contributed by atoms with van der Waals surface area (Å²) >= 11 is 1.40. The quantitative estimate of drug-likeness (QED) is 0.395. The number of anilines is 1. The lowest BCUT2D eigenvalue weighted by Gasteiger charge is -2.29. The van der Waals surface area contributed by atoms with Crippen LogP contribution < -0.4 is 5.32 Å². The maximum Gasteiger partial charge on any atom is 0.338 e. The van der Waals surface area contributed by atoms with Gasteiger partial charge >= 0.3 is 5.97 Å². The number of aryl methyl sites for hydroxylation is 1. The number of allylic oxidation sites excluding steroid dienone is 2. The third-order valence-electron chi connectivity index (χ3n) is 5.99. The molecule has 2 aromatic heterocycles. The van der Waals surface area contributed by atoms with Gasteiger partial charge in [0.2, 0.25) is 0 Å². The first kappa shape index (κ1) is 25.1. The molecule has 0 bridgehead atoms. The van der Waals surface area contributed by atoms with Crippen LogP contribution in [0.25, 0.3) is 12.2 Å². The summed E-state index contributed by atoms with van der Waals surface area (Å²) in [5.41, 5.74) is 4.46. The van der Waals surface area contributed by atoms with E-state index in [1.165, 1.54) is 11.3 Å². The van der Waals surface area contributed by atoms with Crippen LogP contribution in [0.5, 0.6) is 0 Å². The van der Waals surface area contributed by atoms with Crippen LogP contribution in [0.3, 0.4) is 0 Å². The maximum atomic E-state index is 12.6. The number of ether oxygens (including phenoxy) is 1. The van der Waals surface area contributed by atoms with Crippen molar-refractivity contribution < 1.29 is 14.3 Å². The number of fused-ring (bicyclic) bond motifs is 1. The fraction of sp³-hybridized carbons (Fsp3) is 0.241. The van der Waals surface area contributed by atoms with Crippen LogP contribution in [-0.2, 0) is 21.4 Å². The molecule has 1 aliphatic carbocycles. The molecule has 182 valence electrons. The normalized spacial score (nSPS) is 14.0. The third kappa shape index (κ3) is 5.61. The Balaban J connectivity index is 1.49. The molecule has 3 aromatic rings. The number of nitrogens with zero attached hydrogens (tertiary/aromatic N) is 2. The van der Waals surface area contributed by atoms with Crippen molar-refractivity contribution in [2.24, 2.45) is 0 Å². The number of thiophene rings is 1. The molecule has 1 aromatic carbocycles. The molecule has 0 fully saturated rings. The summed E-state index contributed by atoms with van der Waals surface area (Å²) in [5, 5.41) is 13.2. The van der Waals surface area contributed by atoms with Gasteiger partial charge in [-0.1, -0.05) is 45.0 Å². The standard InChI is InChI=1S/C29H27N3O3S/c1-4-19-8-11-21(12-9-19)28(34)35-18-25(33)32-27-24(17-30)23-15-20(16-29(2,3)26(23)36-27)10-13-22-7-5-6-14-31-22/h5-15H,4,16,18H2,1-3H3,(H,32,33)/b13-10-. The van der Waals surface area contributed by atoms with E-state index in [-0.39, 0.29) is 5.41 Å². The first-order valence-corrected chi connectivity index (χ1v) is 12.6. The van der Waals surface area contributed by atoms with Gasteiger partial charge in [0.1, 0.15) is 11.1 Å². The maximum absolute atomic E-state index is 12.6. The molecule has 0 radical (unpaired) electrons. The molecule has 0 spiro atoms. The molecule has 4 rings (SSSR count). The lowest BCUT2D eigenvalue weighted by Crippen LogP contribution is -2.20. The second-order valence-corrected chi connectivity index (χ2v) is 10.2. The van der Waals surface area contributed by atoms with E-state index in [1.807, 2.05) is 55.5 Å². The minimum atomic E-state index is -0.563. The molecule has 1 amide bonds. The highest BCUT2D eigenvalue weighted by atomic mass is 32.1. The summed E-state index contributed by atoms with van der Waals surface area (Å²) in [4.78, 5) is 30.3. The summed E-state index contributed by atoms with van der Waals surface area (Å²) in [6.07, 6.45) is 9.39. The van der Waals surface area contributed by atoms with E-state index in [0.29, 0.717) is 16.1 Å². The van der Waals surface area contributed by atoms with E-state index in [9.17, 15) is 14.9 Å². The van der Waals surface area contributed by atoms with Crippen molar-refractivity contribution in [3.8, 4) is 6.07 Å². The van der Waals surface area contributed by atoms with Crippen LogP contribution in [0.4, 0.5) is 5.00 Å². The van der Waals surface area contributed by atoms with Crippen molar-refractivity contribution >= 4 is 40.4 Å². The number of rotatable bonds is 7. The largest absolute Gasteiger partial charge is 0.452 e. The zero-order chi connectivity index (χ0) is 25.7. The summed E-state index contributed by atoms with van der Waals surface area (Å²) in [6.45, 7) is 5.86. The van der Waals surface area contributed by atoms with Crippen LogP contribution >= 0.6 is 11.3 Å². The van der Waals surface area contributed by atoms with Gasteiger partial charge in [0.15, 0.2) is 6.61 Å². The zero-order valence-electron chi connectivity index (χ0n) is 20.5. The highest BCUT2D eigenvalue weighted by Gasteiger charge is 2.33. The van der Waals surface area contributed by atoms with Crippen LogP contribution in [0.2, 0.25) is 0 Å². The van der Waals surface area contributed by atoms with Crippen molar-refractivity contribution in [2.45, 2.75) is 39.0 Å². The van der Waals surface area contributed by atoms with Crippen molar-refractivity contribution in [3.05, 3.63) is 93.1 Å². The zero-order valence-corrected chi connectivity index (χ0v) is 21.3. The Kier molecular flexibility index (Phi) is 7.47. The van der Waals surface area contributed by atoms with Crippen molar-refractivity contribution in [1.29, 1.82) is 5.26 Å². The van der Waals surface area contributed by atoms with E-state index in [4.69, 9.17) is 4.74 Å². The van der Waals surface area contributed by atoms with Gasteiger partial charge in [-0.2, -0.15) is 5.26 Å². The third-order valence-corrected chi connectivity index (χ3v) is 7.48. The van der Waals surface area contributed by atoms with E-state index >= 15 is 0 Å². The second kappa shape index (κ2) is 10.7. The van der Waals surface area contributed by atoms with Crippen molar-refractivity contribution in [3.63, 3.8) is 0 Å². The Morgan fingerprint density at radius 3 is 2.64 bits per heavy atom. The highest BCUT2D eigenvalue weighted by Crippen LogP contribution is 2.47. The van der Waals surface area contributed by atoms with Crippen LogP contribution in [0, 0.1) is 11.3 Å². The Morgan fingerprint density at radius 2 is 1.97 bits per heavy atom. The number of aromatic nitrogens is 1. The number of hydrogen-bond donors (Lipinski definition) is 1. The molecular formula is C29H27N3O3S. The SMILES string of the molecule is CCc1ccc(C(=O)OCC(=O)Nc2sc3c(c2C#N)C=C(/C=C\c2ccccn2)CC3(C)C)cc1. The van der Waals surface area contributed by atoms with Gasteiger partial charge in [0.05, 0.1) is 16.8 Å². The van der Waals surface area contributed by atoms with Gasteiger partial charge in [0, 0.05) is 22.1 Å². The fourth-order valence-electron chi connectivity index (χ4n) is 4.14. The minimum Gasteiger partial charge on any atom is -0.452 e. The first-order valence-electron chi connectivity index (χ1n) is 11.7. The Morgan fingerprint density at radius 1 is 1.19 bits per heavy atom. The lowest BCUT2D eigenvalue weighted by atomic mass is 9.77. The lowest BCUT2D eigenvalue weighted by molar-refractivity contribution is -0.119. The predicted molar refractivity (Wildman–Crippen MR) is 143 cm³/mol. The molecule has 0 saturated carbocycles. The van der Waals surface area contributed by atoms with Gasteiger partial charge in [-0.3, -0.25) is 9.78 Å². The predicted octanol–water partition coefficient (Wildman–Crippen LogP) is 6.15. The van der Waals surface area contributed by atoms with Gasteiger partial charge in [0.25, 0.3) is 5.91 Å². The van der Waals surface area contributed by atoms with Gasteiger partial charge in [-0.25, -0.2) is 4.79 Å². The number of nitrogens with one attached hydrogen (secondary N) is 1. The van der Waals surface area contributed by atoms with Gasteiger partial charge in [-0.15, -0.1) is 11.3 Å². The number of carbonyl (C=O) groups excluding carboxylic acids is 2. The van der Waals surface area contributed by atoms with E-state index in [1.54, 1.807) is 18.3 Å². The molecule has 0 saturated heterocycles. The van der Waals surface area contributed by atoms with Gasteiger partial charge in [-0.05, 0) is 60.4 Å². The number of pyridine rings is 1. The first-order chi connectivity index (χ1) is 17.3. The molecule has 1 aliphatic rings. The molecule has 0 unspecified atom stereocenters. The average Bonchev–Trinajstić information content (AvgIpc) is 3.24. The number of benzene rings is 1. The molecule has 0 aliphatic heterocycles. The second-order valence-electron chi connectivity index (χ2n) is 9.20. The molecule has 1 N–H and O–H groups in total. The van der Waals surface area contributed by atoms with E-state index in [0.717, 1.165) is 40.1 Å². The minimum absolute atomic E-state index is 0.218. The average molecular weight is 498 g/mol. The monoisotopic (exact) mass is 497 g/mol. The van der Waals surface area contributed by atoms with Crippen LogP contribution in [-0.4, -0.2) is 23.5 Å². The number of amides is 1.